The second-order valence-electron chi connectivity index (χ2n) is 6.69. The van der Waals surface area contributed by atoms with E-state index < -0.39 is 31.1 Å². The van der Waals surface area contributed by atoms with Gasteiger partial charge < -0.3 is 25.4 Å². The molecule has 1 aromatic carbocycles. The van der Waals surface area contributed by atoms with Crippen molar-refractivity contribution in [2.45, 2.75) is 31.2 Å². The molecule has 0 aliphatic carbocycles. The number of anilines is 1. The number of aliphatic hydroxyl groups is 3. The van der Waals surface area contributed by atoms with Crippen molar-refractivity contribution in [3.63, 3.8) is 0 Å². The molecule has 4 heterocycles. The summed E-state index contributed by atoms with van der Waals surface area (Å²) in [6.45, 7) is -0.0949. The maximum absolute atomic E-state index is 10.3. The van der Waals surface area contributed by atoms with Crippen molar-refractivity contribution >= 4 is 28.0 Å². The van der Waals surface area contributed by atoms with Crippen LogP contribution in [0, 0.1) is 0 Å². The highest BCUT2D eigenvalue weighted by Crippen LogP contribution is 2.32. The minimum Gasteiger partial charge on any atom is -0.394 e. The van der Waals surface area contributed by atoms with Gasteiger partial charge in [0, 0.05) is 0 Å². The van der Waals surface area contributed by atoms with Gasteiger partial charge in [-0.25, -0.2) is 19.6 Å². The lowest BCUT2D eigenvalue weighted by Crippen LogP contribution is -2.33. The molecule has 29 heavy (non-hydrogen) atoms. The van der Waals surface area contributed by atoms with Crippen LogP contribution in [0.3, 0.4) is 0 Å². The Labute approximate surface area is 163 Å². The quantitative estimate of drug-likeness (QED) is 0.337. The molecule has 1 fully saturated rings. The Morgan fingerprint density at radius 2 is 1.97 bits per heavy atom. The van der Waals surface area contributed by atoms with Crippen LogP contribution in [0.2, 0.25) is 0 Å². The molecule has 0 spiro atoms. The van der Waals surface area contributed by atoms with E-state index in [1.165, 1.54) is 17.2 Å². The summed E-state index contributed by atoms with van der Waals surface area (Å²) in [5, 5.41) is 41.0. The maximum Gasteiger partial charge on any atom is 0.167 e. The Morgan fingerprint density at radius 3 is 2.79 bits per heavy atom. The van der Waals surface area contributed by atoms with Crippen LogP contribution < -0.4 is 5.32 Å². The summed E-state index contributed by atoms with van der Waals surface area (Å²) in [5.74, 6) is 0.472. The fourth-order valence-corrected chi connectivity index (χ4v) is 3.46. The van der Waals surface area contributed by atoms with E-state index in [1.54, 1.807) is 4.68 Å². The number of nitrogens with zero attached hydrogens (tertiary/aromatic N) is 7. The zero-order valence-corrected chi connectivity index (χ0v) is 15.1. The molecule has 4 N–H and O–H groups in total. The highest BCUT2D eigenvalue weighted by Gasteiger charge is 2.44. The molecule has 0 bridgehead atoms. The minimum atomic E-state index is -1.22. The van der Waals surface area contributed by atoms with Crippen LogP contribution in [0.15, 0.2) is 36.9 Å². The number of benzene rings is 1. The van der Waals surface area contributed by atoms with Crippen molar-refractivity contribution in [3.05, 3.63) is 36.9 Å². The van der Waals surface area contributed by atoms with E-state index in [2.05, 4.69) is 30.6 Å². The van der Waals surface area contributed by atoms with Crippen LogP contribution in [-0.4, -0.2) is 74.8 Å². The van der Waals surface area contributed by atoms with Gasteiger partial charge in [-0.3, -0.25) is 4.57 Å². The summed E-state index contributed by atoms with van der Waals surface area (Å²) in [5.41, 5.74) is 2.55. The van der Waals surface area contributed by atoms with Crippen LogP contribution >= 0.6 is 0 Å². The molecule has 150 valence electrons. The molecule has 1 aliphatic rings. The van der Waals surface area contributed by atoms with Gasteiger partial charge in [0.1, 0.15) is 36.8 Å². The van der Waals surface area contributed by atoms with Crippen molar-refractivity contribution in [2.24, 2.45) is 0 Å². The van der Waals surface area contributed by atoms with E-state index in [0.29, 0.717) is 23.7 Å². The van der Waals surface area contributed by atoms with Gasteiger partial charge in [0.2, 0.25) is 0 Å². The van der Waals surface area contributed by atoms with Gasteiger partial charge >= 0.3 is 0 Å². The number of aliphatic hydroxyl groups excluding tert-OH is 3. The first-order valence-corrected chi connectivity index (χ1v) is 8.99. The second-order valence-corrected chi connectivity index (χ2v) is 6.69. The number of fused-ring (bicyclic) bond motifs is 2. The fraction of sp³-hybridized carbons (Fsp3) is 0.353. The number of para-hydroxylation sites is 1. The van der Waals surface area contributed by atoms with Gasteiger partial charge in [0.05, 0.1) is 18.5 Å². The van der Waals surface area contributed by atoms with Gasteiger partial charge in [-0.2, -0.15) is 0 Å². The van der Waals surface area contributed by atoms with Crippen LogP contribution in [0.4, 0.5) is 5.82 Å². The van der Waals surface area contributed by atoms with Crippen molar-refractivity contribution in [2.75, 3.05) is 11.9 Å². The van der Waals surface area contributed by atoms with E-state index in [9.17, 15) is 15.3 Å². The number of hydrogen-bond acceptors (Lipinski definition) is 10. The minimum absolute atomic E-state index is 0.313. The van der Waals surface area contributed by atoms with Crippen molar-refractivity contribution < 1.29 is 20.1 Å². The number of ether oxygens (including phenoxy) is 1. The molecule has 12 heteroatoms. The lowest BCUT2D eigenvalue weighted by Gasteiger charge is -2.16. The smallest absolute Gasteiger partial charge is 0.167 e. The summed E-state index contributed by atoms with van der Waals surface area (Å²) in [4.78, 5) is 12.8. The van der Waals surface area contributed by atoms with E-state index in [0.717, 1.165) is 11.0 Å². The van der Waals surface area contributed by atoms with Gasteiger partial charge in [0.15, 0.2) is 23.2 Å². The first-order chi connectivity index (χ1) is 14.2. The predicted octanol–water partition coefficient (Wildman–Crippen LogP) is -0.748. The number of aromatic nitrogens is 7. The van der Waals surface area contributed by atoms with Crippen molar-refractivity contribution in [3.8, 4) is 0 Å². The van der Waals surface area contributed by atoms with E-state index in [4.69, 9.17) is 4.74 Å². The third-order valence-corrected chi connectivity index (χ3v) is 4.97. The molecule has 1 aliphatic heterocycles. The largest absolute Gasteiger partial charge is 0.394 e. The topological polar surface area (TPSA) is 156 Å². The summed E-state index contributed by atoms with van der Waals surface area (Å²) in [7, 11) is 0. The summed E-state index contributed by atoms with van der Waals surface area (Å²) < 4.78 is 8.78. The van der Waals surface area contributed by atoms with Gasteiger partial charge in [-0.1, -0.05) is 17.3 Å². The van der Waals surface area contributed by atoms with Crippen LogP contribution in [0.25, 0.3) is 22.2 Å². The van der Waals surface area contributed by atoms with Gasteiger partial charge in [-0.15, -0.1) is 5.10 Å². The molecule has 1 saturated heterocycles. The third-order valence-electron chi connectivity index (χ3n) is 4.97. The summed E-state index contributed by atoms with van der Waals surface area (Å²) in [6, 6.07) is 7.61. The molecule has 3 aromatic heterocycles. The molecule has 4 atom stereocenters. The summed E-state index contributed by atoms with van der Waals surface area (Å²) in [6.07, 6.45) is -1.42. The average molecular weight is 398 g/mol. The van der Waals surface area contributed by atoms with E-state index in [1.807, 2.05) is 24.3 Å². The Hall–Kier alpha value is -3.19. The predicted molar refractivity (Wildman–Crippen MR) is 99.5 cm³/mol. The molecular formula is C17H18N8O4. The van der Waals surface area contributed by atoms with Gasteiger partial charge in [-0.05, 0) is 12.1 Å². The Balaban J connectivity index is 1.43. The number of rotatable bonds is 5. The zero-order chi connectivity index (χ0) is 20.0. The number of imidazole rings is 1. The third kappa shape index (κ3) is 2.89. The van der Waals surface area contributed by atoms with Crippen LogP contribution in [-0.2, 0) is 11.4 Å². The average Bonchev–Trinajstić information content (AvgIpc) is 3.43. The van der Waals surface area contributed by atoms with E-state index in [-0.39, 0.29) is 0 Å². The molecular weight excluding hydrogens is 380 g/mol. The second kappa shape index (κ2) is 7.00. The molecule has 4 unspecified atom stereocenters. The van der Waals surface area contributed by atoms with E-state index >= 15 is 0 Å². The highest BCUT2D eigenvalue weighted by molar-refractivity contribution is 5.82. The highest BCUT2D eigenvalue weighted by atomic mass is 16.6. The molecule has 4 aromatic rings. The molecule has 0 saturated carbocycles. The van der Waals surface area contributed by atoms with Crippen LogP contribution in [0.1, 0.15) is 6.23 Å². The van der Waals surface area contributed by atoms with Crippen LogP contribution in [0.5, 0.6) is 0 Å². The lowest BCUT2D eigenvalue weighted by atomic mass is 10.1. The first kappa shape index (κ1) is 17.9. The maximum atomic E-state index is 10.3. The van der Waals surface area contributed by atoms with Crippen molar-refractivity contribution in [1.82, 2.24) is 34.5 Å². The number of hydrogen-bond donors (Lipinski definition) is 4. The Morgan fingerprint density at radius 1 is 1.10 bits per heavy atom. The van der Waals surface area contributed by atoms with Crippen molar-refractivity contribution in [1.29, 1.82) is 0 Å². The normalized spacial score (nSPS) is 24.5. The summed E-state index contributed by atoms with van der Waals surface area (Å²) >= 11 is 0. The standard InChI is InChI=1S/C17H18N8O4/c26-5-11-13(27)14(28)17(29-11)24-7-20-12-15(18-6-19-16(12)24)21-8-25-10-4-2-1-3-9(10)22-23-25/h1-4,6-7,11,13-14,17,26-28H,5,8H2,(H,18,19,21). The van der Waals surface area contributed by atoms with Gasteiger partial charge in [0.25, 0.3) is 0 Å². The molecule has 5 rings (SSSR count). The SMILES string of the molecule is OCC1OC(n2cnc3c(NCn4nnc5ccccc54)ncnc32)C(O)C1O. The lowest BCUT2D eigenvalue weighted by molar-refractivity contribution is -0.0511. The first-order valence-electron chi connectivity index (χ1n) is 8.99. The molecule has 0 radical (unpaired) electrons. The Bertz CT molecular complexity index is 1160. The monoisotopic (exact) mass is 398 g/mol. The number of nitrogens with one attached hydrogen (secondary N) is 1. The zero-order valence-electron chi connectivity index (χ0n) is 15.1. The molecule has 0 amide bonds. The Kier molecular flexibility index (Phi) is 4.32. The molecule has 12 nitrogen and oxygen atoms in total. The fourth-order valence-electron chi connectivity index (χ4n) is 3.46.